The fraction of sp³-hybridized carbons (Fsp3) is 0.370. The lowest BCUT2D eigenvalue weighted by Crippen LogP contribution is -2.21. The van der Waals surface area contributed by atoms with Gasteiger partial charge in [-0.15, -0.1) is 11.3 Å². The lowest BCUT2D eigenvalue weighted by Gasteiger charge is -2.09. The summed E-state index contributed by atoms with van der Waals surface area (Å²) < 4.78 is 11.7. The van der Waals surface area contributed by atoms with Crippen molar-refractivity contribution < 1.29 is 19.1 Å². The molecule has 6 nitrogen and oxygen atoms in total. The fourth-order valence-corrected chi connectivity index (χ4v) is 4.71. The van der Waals surface area contributed by atoms with Crippen LogP contribution in [-0.4, -0.2) is 31.6 Å². The third kappa shape index (κ3) is 6.67. The Hall–Kier alpha value is -3.19. The van der Waals surface area contributed by atoms with Gasteiger partial charge in [0.05, 0.1) is 19.9 Å². The van der Waals surface area contributed by atoms with Crippen LogP contribution < -0.4 is 14.9 Å². The molecule has 1 amide bonds. The molecule has 0 aliphatic rings. The molecule has 0 spiro atoms. The first-order valence-electron chi connectivity index (χ1n) is 11.6. The maximum absolute atomic E-state index is 12.6. The van der Waals surface area contributed by atoms with Gasteiger partial charge in [0.1, 0.15) is 0 Å². The summed E-state index contributed by atoms with van der Waals surface area (Å²) in [6, 6.07) is 13.2. The van der Waals surface area contributed by atoms with Gasteiger partial charge in [-0.2, -0.15) is 5.10 Å². The molecule has 0 saturated heterocycles. The number of ketones is 1. The molecule has 0 atom stereocenters. The van der Waals surface area contributed by atoms with Gasteiger partial charge in [-0.05, 0) is 37.1 Å². The topological polar surface area (TPSA) is 77.0 Å². The smallest absolute Gasteiger partial charge is 0.240 e. The number of carbonyl (C=O) groups is 2. The average Bonchev–Trinajstić information content (AvgIpc) is 3.30. The highest BCUT2D eigenvalue weighted by atomic mass is 32.1. The minimum absolute atomic E-state index is 0.0597. The number of thiophene rings is 1. The summed E-state index contributed by atoms with van der Waals surface area (Å²) in [7, 11) is 3.06. The summed E-state index contributed by atoms with van der Waals surface area (Å²) in [6.07, 6.45) is 5.44. The van der Waals surface area contributed by atoms with Crippen LogP contribution in [0.4, 0.5) is 0 Å². The van der Waals surface area contributed by atoms with E-state index >= 15 is 0 Å². The number of benzene rings is 2. The van der Waals surface area contributed by atoms with Crippen molar-refractivity contribution in [3.8, 4) is 11.5 Å². The second-order valence-corrected chi connectivity index (χ2v) is 8.95. The van der Waals surface area contributed by atoms with Crippen molar-refractivity contribution >= 4 is 38.8 Å². The van der Waals surface area contributed by atoms with Gasteiger partial charge < -0.3 is 9.47 Å². The van der Waals surface area contributed by atoms with Crippen LogP contribution in [-0.2, 0) is 4.79 Å². The molecule has 180 valence electrons. The van der Waals surface area contributed by atoms with Crippen molar-refractivity contribution in [3.05, 3.63) is 59.0 Å². The van der Waals surface area contributed by atoms with E-state index in [1.807, 2.05) is 12.1 Å². The molecule has 1 N–H and O–H groups in total. The van der Waals surface area contributed by atoms with E-state index in [1.165, 1.54) is 24.7 Å². The van der Waals surface area contributed by atoms with Crippen LogP contribution >= 0.6 is 11.3 Å². The number of hydrazone groups is 1. The number of nitrogens with one attached hydrogen (secondary N) is 1. The number of ether oxygens (including phenoxy) is 2. The molecule has 0 unspecified atom stereocenters. The lowest BCUT2D eigenvalue weighted by atomic mass is 10.0. The van der Waals surface area contributed by atoms with Gasteiger partial charge >= 0.3 is 0 Å². The van der Waals surface area contributed by atoms with Crippen LogP contribution in [0.3, 0.4) is 0 Å². The van der Waals surface area contributed by atoms with Crippen molar-refractivity contribution in [3.63, 3.8) is 0 Å². The molecule has 0 aliphatic heterocycles. The number of hydrogen-bond acceptors (Lipinski definition) is 6. The SMILES string of the molecule is CCCCCC/C(=N\NC(=O)CCC(=O)c1ccc(OC)c(OC)c1)c1csc2ccccc12. The van der Waals surface area contributed by atoms with Crippen LogP contribution in [0, 0.1) is 0 Å². The quantitative estimate of drug-likeness (QED) is 0.133. The minimum Gasteiger partial charge on any atom is -0.493 e. The first-order valence-corrected chi connectivity index (χ1v) is 12.5. The Morgan fingerprint density at radius 3 is 2.50 bits per heavy atom. The van der Waals surface area contributed by atoms with E-state index in [-0.39, 0.29) is 24.5 Å². The molecule has 2 aromatic carbocycles. The number of amides is 1. The second kappa shape index (κ2) is 12.9. The molecule has 0 aliphatic carbocycles. The van der Waals surface area contributed by atoms with Crippen molar-refractivity contribution in [2.24, 2.45) is 5.10 Å². The first-order chi connectivity index (χ1) is 16.6. The summed E-state index contributed by atoms with van der Waals surface area (Å²) in [6.45, 7) is 2.19. The Morgan fingerprint density at radius 2 is 1.74 bits per heavy atom. The lowest BCUT2D eigenvalue weighted by molar-refractivity contribution is -0.121. The number of hydrogen-bond donors (Lipinski definition) is 1. The molecule has 3 aromatic rings. The highest BCUT2D eigenvalue weighted by Gasteiger charge is 2.14. The number of rotatable bonds is 13. The number of Topliss-reactive ketones (excluding diaryl/α,β-unsaturated/α-hetero) is 1. The molecule has 0 bridgehead atoms. The third-order valence-electron chi connectivity index (χ3n) is 5.66. The highest BCUT2D eigenvalue weighted by molar-refractivity contribution is 7.17. The molecule has 1 aromatic heterocycles. The van der Waals surface area contributed by atoms with Crippen molar-refractivity contribution in [1.82, 2.24) is 5.43 Å². The summed E-state index contributed by atoms with van der Waals surface area (Å²) in [5.74, 6) is 0.625. The summed E-state index contributed by atoms with van der Waals surface area (Å²) in [4.78, 5) is 25.1. The van der Waals surface area contributed by atoms with E-state index in [1.54, 1.807) is 36.6 Å². The van der Waals surface area contributed by atoms with Crippen molar-refractivity contribution in [1.29, 1.82) is 0 Å². The predicted molar refractivity (Wildman–Crippen MR) is 138 cm³/mol. The first kappa shape index (κ1) is 25.4. The van der Waals surface area contributed by atoms with Gasteiger partial charge in [0.15, 0.2) is 17.3 Å². The highest BCUT2D eigenvalue weighted by Crippen LogP contribution is 2.29. The van der Waals surface area contributed by atoms with Gasteiger partial charge in [0.25, 0.3) is 0 Å². The number of unbranched alkanes of at least 4 members (excludes halogenated alkanes) is 3. The van der Waals surface area contributed by atoms with E-state index in [0.717, 1.165) is 35.9 Å². The van der Waals surface area contributed by atoms with Crippen molar-refractivity contribution in [2.45, 2.75) is 51.9 Å². The van der Waals surface area contributed by atoms with Gasteiger partial charge in [0.2, 0.25) is 5.91 Å². The standard InChI is InChI=1S/C27H32N2O4S/c1-4-5-6-7-11-22(21-18-34-26-12-9-8-10-20(21)26)28-29-27(31)16-14-23(30)19-13-15-24(32-2)25(17-19)33-3/h8-10,12-13,15,17-18H,4-7,11,14,16H2,1-3H3,(H,29,31)/b28-22+. The van der Waals surface area contributed by atoms with Gasteiger partial charge in [-0.25, -0.2) is 5.43 Å². The number of carbonyl (C=O) groups excluding carboxylic acids is 2. The predicted octanol–water partition coefficient (Wildman–Crippen LogP) is 6.37. The van der Waals surface area contributed by atoms with Crippen LogP contribution in [0.2, 0.25) is 0 Å². The molecule has 0 fully saturated rings. The molecular weight excluding hydrogens is 448 g/mol. The molecular formula is C27H32N2O4S. The van der Waals surface area contributed by atoms with Crippen LogP contribution in [0.25, 0.3) is 10.1 Å². The van der Waals surface area contributed by atoms with Crippen LogP contribution in [0.1, 0.15) is 67.8 Å². The zero-order valence-corrected chi connectivity index (χ0v) is 20.9. The number of nitrogens with zero attached hydrogens (tertiary/aromatic N) is 1. The zero-order valence-electron chi connectivity index (χ0n) is 20.1. The Balaban J connectivity index is 1.65. The Bertz CT molecular complexity index is 1150. The summed E-state index contributed by atoms with van der Waals surface area (Å²) >= 11 is 1.68. The Labute approximate surface area is 205 Å². The van der Waals surface area contributed by atoms with E-state index < -0.39 is 0 Å². The van der Waals surface area contributed by atoms with Gasteiger partial charge in [-0.3, -0.25) is 9.59 Å². The molecule has 34 heavy (non-hydrogen) atoms. The van der Waals surface area contributed by atoms with Gasteiger partial charge in [0, 0.05) is 39.4 Å². The minimum atomic E-state index is -0.278. The number of fused-ring (bicyclic) bond motifs is 1. The molecule has 1 heterocycles. The van der Waals surface area contributed by atoms with Crippen LogP contribution in [0.15, 0.2) is 52.9 Å². The summed E-state index contributed by atoms with van der Waals surface area (Å²) in [5.41, 5.74) is 5.11. The normalized spacial score (nSPS) is 11.4. The number of methoxy groups -OCH3 is 2. The average molecular weight is 481 g/mol. The summed E-state index contributed by atoms with van der Waals surface area (Å²) in [5, 5.41) is 7.75. The van der Waals surface area contributed by atoms with E-state index in [0.29, 0.717) is 17.1 Å². The second-order valence-electron chi connectivity index (χ2n) is 8.04. The Morgan fingerprint density at radius 1 is 0.941 bits per heavy atom. The van der Waals surface area contributed by atoms with E-state index in [9.17, 15) is 9.59 Å². The fourth-order valence-electron chi connectivity index (χ4n) is 3.74. The molecule has 0 saturated carbocycles. The van der Waals surface area contributed by atoms with E-state index in [4.69, 9.17) is 9.47 Å². The van der Waals surface area contributed by atoms with Crippen molar-refractivity contribution in [2.75, 3.05) is 14.2 Å². The molecule has 7 heteroatoms. The van der Waals surface area contributed by atoms with Crippen LogP contribution in [0.5, 0.6) is 11.5 Å². The molecule has 0 radical (unpaired) electrons. The van der Waals surface area contributed by atoms with E-state index in [2.05, 4.69) is 35.0 Å². The maximum atomic E-state index is 12.6. The molecule has 3 rings (SSSR count). The maximum Gasteiger partial charge on any atom is 0.240 e. The van der Waals surface area contributed by atoms with Gasteiger partial charge in [-0.1, -0.05) is 44.4 Å². The zero-order chi connectivity index (χ0) is 24.3. The third-order valence-corrected chi connectivity index (χ3v) is 6.62. The Kier molecular flexibility index (Phi) is 9.64. The largest absolute Gasteiger partial charge is 0.493 e. The monoisotopic (exact) mass is 480 g/mol.